The number of nitrogens with zero attached hydrogens (tertiary/aromatic N) is 2. The predicted octanol–water partition coefficient (Wildman–Crippen LogP) is 6.27. The normalized spacial score (nSPS) is 10.9. The number of ether oxygens (including phenoxy) is 1. The minimum atomic E-state index is 0.275. The molecular formula is C25H24N2O2S. The highest BCUT2D eigenvalue weighted by molar-refractivity contribution is 7.99. The van der Waals surface area contributed by atoms with Crippen LogP contribution in [0.25, 0.3) is 11.1 Å². The Morgan fingerprint density at radius 1 is 0.833 bits per heavy atom. The Bertz CT molecular complexity index is 1070. The first kappa shape index (κ1) is 20.2. The topological polar surface area (TPSA) is 48.2 Å². The SMILES string of the molecule is Cc1cc(C)cc(OCc2nnc(SCCc3ccc(-c4ccccc4)cc3)o2)c1. The summed E-state index contributed by atoms with van der Waals surface area (Å²) in [5.74, 6) is 2.19. The van der Waals surface area contributed by atoms with E-state index in [9.17, 15) is 0 Å². The molecule has 0 unspecified atom stereocenters. The number of hydrogen-bond donors (Lipinski definition) is 0. The molecule has 1 aromatic heterocycles. The molecule has 0 bridgehead atoms. The zero-order valence-corrected chi connectivity index (χ0v) is 18.0. The van der Waals surface area contributed by atoms with Crippen LogP contribution in [0.1, 0.15) is 22.6 Å². The van der Waals surface area contributed by atoms with Crippen molar-refractivity contribution in [1.82, 2.24) is 10.2 Å². The van der Waals surface area contributed by atoms with Crippen LogP contribution in [-0.2, 0) is 13.0 Å². The molecule has 4 nitrogen and oxygen atoms in total. The van der Waals surface area contributed by atoms with Crippen LogP contribution in [0.5, 0.6) is 5.75 Å². The fourth-order valence-corrected chi connectivity index (χ4v) is 4.03. The fraction of sp³-hybridized carbons (Fsp3) is 0.200. The van der Waals surface area contributed by atoms with Gasteiger partial charge in [0.05, 0.1) is 0 Å². The Kier molecular flexibility index (Phi) is 6.50. The van der Waals surface area contributed by atoms with E-state index in [1.165, 1.54) is 27.8 Å². The maximum absolute atomic E-state index is 5.78. The molecule has 0 N–H and O–H groups in total. The number of aryl methyl sites for hydroxylation is 3. The second-order valence-corrected chi connectivity index (χ2v) is 8.28. The molecule has 4 aromatic rings. The largest absolute Gasteiger partial charge is 0.484 e. The quantitative estimate of drug-likeness (QED) is 0.317. The van der Waals surface area contributed by atoms with E-state index in [1.54, 1.807) is 11.8 Å². The number of thioether (sulfide) groups is 1. The van der Waals surface area contributed by atoms with Gasteiger partial charge >= 0.3 is 0 Å². The van der Waals surface area contributed by atoms with Crippen molar-refractivity contribution in [2.75, 3.05) is 5.75 Å². The summed E-state index contributed by atoms with van der Waals surface area (Å²) < 4.78 is 11.5. The molecule has 3 aromatic carbocycles. The summed E-state index contributed by atoms with van der Waals surface area (Å²) in [5, 5.41) is 8.78. The lowest BCUT2D eigenvalue weighted by Gasteiger charge is -2.05. The summed E-state index contributed by atoms with van der Waals surface area (Å²) >= 11 is 1.57. The fourth-order valence-electron chi connectivity index (χ4n) is 3.27. The zero-order chi connectivity index (χ0) is 20.8. The van der Waals surface area contributed by atoms with E-state index >= 15 is 0 Å². The minimum absolute atomic E-state index is 0.275. The molecule has 5 heteroatoms. The first-order valence-electron chi connectivity index (χ1n) is 9.96. The molecule has 152 valence electrons. The molecule has 0 saturated carbocycles. The van der Waals surface area contributed by atoms with Crippen LogP contribution in [0.4, 0.5) is 0 Å². The van der Waals surface area contributed by atoms with Crippen LogP contribution in [-0.4, -0.2) is 16.0 Å². The predicted molar refractivity (Wildman–Crippen MR) is 121 cm³/mol. The minimum Gasteiger partial charge on any atom is -0.484 e. The van der Waals surface area contributed by atoms with Gasteiger partial charge in [0.15, 0.2) is 6.61 Å². The van der Waals surface area contributed by atoms with Crippen LogP contribution in [0.2, 0.25) is 0 Å². The highest BCUT2D eigenvalue weighted by atomic mass is 32.2. The molecule has 4 rings (SSSR count). The van der Waals surface area contributed by atoms with Crippen molar-refractivity contribution >= 4 is 11.8 Å². The molecule has 0 aliphatic rings. The van der Waals surface area contributed by atoms with Crippen molar-refractivity contribution in [2.24, 2.45) is 0 Å². The molecule has 0 atom stereocenters. The Labute approximate surface area is 181 Å². The van der Waals surface area contributed by atoms with E-state index < -0.39 is 0 Å². The molecular weight excluding hydrogens is 392 g/mol. The van der Waals surface area contributed by atoms with Gasteiger partial charge in [-0.25, -0.2) is 0 Å². The molecule has 0 aliphatic heterocycles. The van der Waals surface area contributed by atoms with Crippen LogP contribution >= 0.6 is 11.8 Å². The van der Waals surface area contributed by atoms with Crippen LogP contribution in [0.15, 0.2) is 82.4 Å². The number of rotatable bonds is 8. The molecule has 0 aliphatic carbocycles. The van der Waals surface area contributed by atoms with Gasteiger partial charge in [-0.1, -0.05) is 72.4 Å². The monoisotopic (exact) mass is 416 g/mol. The molecule has 0 saturated heterocycles. The van der Waals surface area contributed by atoms with Crippen molar-refractivity contribution in [2.45, 2.75) is 32.1 Å². The van der Waals surface area contributed by atoms with Gasteiger partial charge in [0.1, 0.15) is 5.75 Å². The first-order chi connectivity index (χ1) is 14.7. The van der Waals surface area contributed by atoms with Crippen molar-refractivity contribution in [3.8, 4) is 16.9 Å². The summed E-state index contributed by atoms with van der Waals surface area (Å²) in [6, 6.07) is 25.2. The highest BCUT2D eigenvalue weighted by Crippen LogP contribution is 2.22. The van der Waals surface area contributed by atoms with E-state index in [4.69, 9.17) is 9.15 Å². The molecule has 0 fully saturated rings. The number of hydrogen-bond acceptors (Lipinski definition) is 5. The maximum atomic E-state index is 5.78. The molecule has 1 heterocycles. The smallest absolute Gasteiger partial charge is 0.276 e. The van der Waals surface area contributed by atoms with Crippen LogP contribution in [0, 0.1) is 13.8 Å². The third kappa shape index (κ3) is 5.51. The van der Waals surface area contributed by atoms with Crippen molar-refractivity contribution in [1.29, 1.82) is 0 Å². The first-order valence-corrected chi connectivity index (χ1v) is 10.9. The second-order valence-electron chi connectivity index (χ2n) is 7.24. The van der Waals surface area contributed by atoms with Gasteiger partial charge in [0.25, 0.3) is 11.1 Å². The Hall–Kier alpha value is -3.05. The van der Waals surface area contributed by atoms with E-state index in [-0.39, 0.29) is 6.61 Å². The summed E-state index contributed by atoms with van der Waals surface area (Å²) in [4.78, 5) is 0. The third-order valence-corrected chi connectivity index (χ3v) is 5.50. The molecule has 0 radical (unpaired) electrons. The van der Waals surface area contributed by atoms with Gasteiger partial charge in [-0.3, -0.25) is 0 Å². The summed E-state index contributed by atoms with van der Waals surface area (Å²) in [6.07, 6.45) is 0.941. The lowest BCUT2D eigenvalue weighted by atomic mass is 10.0. The van der Waals surface area contributed by atoms with Gasteiger partial charge in [-0.2, -0.15) is 0 Å². The number of benzene rings is 3. The second kappa shape index (κ2) is 9.63. The van der Waals surface area contributed by atoms with Crippen molar-refractivity contribution < 1.29 is 9.15 Å². The Balaban J connectivity index is 1.25. The lowest BCUT2D eigenvalue weighted by Crippen LogP contribution is -1.96. The van der Waals surface area contributed by atoms with E-state index in [2.05, 4.69) is 78.6 Å². The van der Waals surface area contributed by atoms with Gasteiger partial charge in [-0.15, -0.1) is 10.2 Å². The summed E-state index contributed by atoms with van der Waals surface area (Å²) in [6.45, 7) is 4.38. The third-order valence-electron chi connectivity index (χ3n) is 4.68. The standard InChI is InChI=1S/C25H24N2O2S/c1-18-14-19(2)16-23(15-18)28-17-24-26-27-25(29-24)30-13-12-20-8-10-22(11-9-20)21-6-4-3-5-7-21/h3-11,14-16H,12-13,17H2,1-2H3. The lowest BCUT2D eigenvalue weighted by molar-refractivity contribution is 0.252. The summed E-state index contributed by atoms with van der Waals surface area (Å²) in [7, 11) is 0. The zero-order valence-electron chi connectivity index (χ0n) is 17.2. The van der Waals surface area contributed by atoms with E-state index in [0.29, 0.717) is 11.1 Å². The summed E-state index contributed by atoms with van der Waals surface area (Å²) in [5.41, 5.74) is 6.10. The molecule has 0 amide bonds. The Morgan fingerprint density at radius 3 is 2.27 bits per heavy atom. The van der Waals surface area contributed by atoms with Gasteiger partial charge < -0.3 is 9.15 Å². The Morgan fingerprint density at radius 2 is 1.53 bits per heavy atom. The maximum Gasteiger partial charge on any atom is 0.276 e. The van der Waals surface area contributed by atoms with Crippen molar-refractivity contribution in [3.05, 3.63) is 95.4 Å². The van der Waals surface area contributed by atoms with Gasteiger partial charge in [0.2, 0.25) is 0 Å². The van der Waals surface area contributed by atoms with E-state index in [0.717, 1.165) is 17.9 Å². The van der Waals surface area contributed by atoms with Crippen molar-refractivity contribution in [3.63, 3.8) is 0 Å². The average molecular weight is 417 g/mol. The molecule has 30 heavy (non-hydrogen) atoms. The highest BCUT2D eigenvalue weighted by Gasteiger charge is 2.08. The molecule has 0 spiro atoms. The average Bonchev–Trinajstić information content (AvgIpc) is 3.21. The van der Waals surface area contributed by atoms with Crippen LogP contribution in [0.3, 0.4) is 0 Å². The van der Waals surface area contributed by atoms with Gasteiger partial charge in [-0.05, 0) is 60.2 Å². The van der Waals surface area contributed by atoms with E-state index in [1.807, 2.05) is 18.2 Å². The van der Waals surface area contributed by atoms with Crippen LogP contribution < -0.4 is 4.74 Å². The number of aromatic nitrogens is 2. The van der Waals surface area contributed by atoms with Gasteiger partial charge in [0, 0.05) is 5.75 Å².